The van der Waals surface area contributed by atoms with Gasteiger partial charge >= 0.3 is 0 Å². The van der Waals surface area contributed by atoms with Gasteiger partial charge in [-0.3, -0.25) is 9.69 Å². The van der Waals surface area contributed by atoms with Crippen molar-refractivity contribution in [3.8, 4) is 0 Å². The number of aliphatic hydroxyl groups is 1. The third-order valence-corrected chi connectivity index (χ3v) is 1.74. The van der Waals surface area contributed by atoms with Gasteiger partial charge in [0.15, 0.2) is 0 Å². The first-order valence-electron chi connectivity index (χ1n) is 4.76. The maximum Gasteiger partial charge on any atom is 0.234 e. The van der Waals surface area contributed by atoms with Crippen LogP contribution in [0.25, 0.3) is 0 Å². The predicted octanol–water partition coefficient (Wildman–Crippen LogP) is -0.173. The molecule has 0 atom stereocenters. The van der Waals surface area contributed by atoms with E-state index in [0.717, 1.165) is 19.4 Å². The third-order valence-electron chi connectivity index (χ3n) is 1.74. The topological polar surface area (TPSA) is 52.6 Å². The normalized spacial score (nSPS) is 10.5. The lowest BCUT2D eigenvalue weighted by atomic mass is 10.3. The molecule has 0 aromatic rings. The van der Waals surface area contributed by atoms with Crippen LogP contribution >= 0.6 is 0 Å². The molecule has 0 heterocycles. The Labute approximate surface area is 79.9 Å². The molecule has 0 rings (SSSR count). The van der Waals surface area contributed by atoms with Gasteiger partial charge in [0.25, 0.3) is 0 Å². The van der Waals surface area contributed by atoms with Gasteiger partial charge in [0.2, 0.25) is 5.91 Å². The number of carbonyl (C=O) groups excluding carboxylic acids is 1. The molecule has 0 saturated carbocycles. The van der Waals surface area contributed by atoms with Crippen molar-refractivity contribution in [1.29, 1.82) is 0 Å². The summed E-state index contributed by atoms with van der Waals surface area (Å²) in [5, 5.41) is 11.1. The highest BCUT2D eigenvalue weighted by molar-refractivity contribution is 5.77. The summed E-state index contributed by atoms with van der Waals surface area (Å²) in [6.45, 7) is 3.84. The summed E-state index contributed by atoms with van der Waals surface area (Å²) < 4.78 is 0. The van der Waals surface area contributed by atoms with Crippen LogP contribution in [-0.2, 0) is 4.79 Å². The number of hydrogen-bond donors (Lipinski definition) is 2. The molecular weight excluding hydrogens is 168 g/mol. The Balaban J connectivity index is 3.41. The fraction of sp³-hybridized carbons (Fsp3) is 0.889. The van der Waals surface area contributed by atoms with E-state index >= 15 is 0 Å². The zero-order chi connectivity index (χ0) is 10.1. The van der Waals surface area contributed by atoms with Crippen LogP contribution in [0.1, 0.15) is 19.8 Å². The van der Waals surface area contributed by atoms with Crippen LogP contribution in [0.3, 0.4) is 0 Å². The highest BCUT2D eigenvalue weighted by Gasteiger charge is 2.04. The Morgan fingerprint density at radius 2 is 2.23 bits per heavy atom. The van der Waals surface area contributed by atoms with Crippen molar-refractivity contribution in [3.63, 3.8) is 0 Å². The van der Waals surface area contributed by atoms with Crippen molar-refractivity contribution in [3.05, 3.63) is 0 Å². The van der Waals surface area contributed by atoms with Crippen molar-refractivity contribution < 1.29 is 9.90 Å². The van der Waals surface area contributed by atoms with Gasteiger partial charge < -0.3 is 10.4 Å². The first kappa shape index (κ1) is 12.4. The predicted molar refractivity (Wildman–Crippen MR) is 52.5 cm³/mol. The minimum atomic E-state index is -0.0207. The molecule has 2 N–H and O–H groups in total. The van der Waals surface area contributed by atoms with E-state index in [1.807, 2.05) is 11.9 Å². The highest BCUT2D eigenvalue weighted by Crippen LogP contribution is 1.90. The quantitative estimate of drug-likeness (QED) is 0.583. The molecule has 13 heavy (non-hydrogen) atoms. The number of amides is 1. The Kier molecular flexibility index (Phi) is 7.63. The van der Waals surface area contributed by atoms with Crippen molar-refractivity contribution in [2.45, 2.75) is 19.8 Å². The molecule has 0 unspecified atom stereocenters. The summed E-state index contributed by atoms with van der Waals surface area (Å²) in [4.78, 5) is 13.1. The number of rotatable bonds is 7. The van der Waals surface area contributed by atoms with Crippen LogP contribution in [-0.4, -0.2) is 49.2 Å². The Hall–Kier alpha value is -0.610. The third kappa shape index (κ3) is 7.74. The van der Waals surface area contributed by atoms with E-state index in [4.69, 9.17) is 5.11 Å². The van der Waals surface area contributed by atoms with E-state index in [2.05, 4.69) is 12.2 Å². The lowest BCUT2D eigenvalue weighted by molar-refractivity contribution is -0.122. The Bertz CT molecular complexity index is 140. The van der Waals surface area contributed by atoms with Crippen LogP contribution in [0.15, 0.2) is 0 Å². The second-order valence-corrected chi connectivity index (χ2v) is 3.16. The zero-order valence-electron chi connectivity index (χ0n) is 8.55. The van der Waals surface area contributed by atoms with E-state index in [1.165, 1.54) is 0 Å². The largest absolute Gasteiger partial charge is 0.395 e. The summed E-state index contributed by atoms with van der Waals surface area (Å²) in [6.07, 6.45) is 2.26. The maximum absolute atomic E-state index is 11.1. The number of nitrogens with zero attached hydrogens (tertiary/aromatic N) is 1. The summed E-state index contributed by atoms with van der Waals surface area (Å²) in [6, 6.07) is 0. The summed E-state index contributed by atoms with van der Waals surface area (Å²) in [5.41, 5.74) is 0. The number of unbranched alkanes of at least 4 members (excludes halogenated alkanes) is 1. The van der Waals surface area contributed by atoms with Gasteiger partial charge in [-0.15, -0.1) is 0 Å². The molecule has 0 aromatic heterocycles. The smallest absolute Gasteiger partial charge is 0.234 e. The molecule has 0 spiro atoms. The van der Waals surface area contributed by atoms with E-state index < -0.39 is 0 Å². The zero-order valence-corrected chi connectivity index (χ0v) is 8.55. The van der Waals surface area contributed by atoms with Crippen LogP contribution in [0, 0.1) is 0 Å². The van der Waals surface area contributed by atoms with Crippen LogP contribution in [0.2, 0.25) is 0 Å². The minimum Gasteiger partial charge on any atom is -0.395 e. The summed E-state index contributed by atoms with van der Waals surface area (Å²) in [7, 11) is 1.92. The van der Waals surface area contributed by atoms with Crippen molar-refractivity contribution >= 4 is 5.91 Å². The van der Waals surface area contributed by atoms with Crippen molar-refractivity contribution in [2.75, 3.05) is 33.3 Å². The summed E-state index contributed by atoms with van der Waals surface area (Å²) in [5.74, 6) is -0.0207. The lowest BCUT2D eigenvalue weighted by Crippen LogP contribution is -2.36. The number of nitrogens with one attached hydrogen (secondary N) is 1. The standard InChI is InChI=1S/C9H20N2O2/c1-3-4-6-11(2)8-9(13)10-5-7-12/h12H,3-8H2,1-2H3,(H,10,13). The molecule has 0 aromatic carbocycles. The van der Waals surface area contributed by atoms with Gasteiger partial charge in [0.1, 0.15) is 0 Å². The van der Waals surface area contributed by atoms with Gasteiger partial charge in [-0.25, -0.2) is 0 Å². The molecule has 0 radical (unpaired) electrons. The summed E-state index contributed by atoms with van der Waals surface area (Å²) >= 11 is 0. The highest BCUT2D eigenvalue weighted by atomic mass is 16.3. The lowest BCUT2D eigenvalue weighted by Gasteiger charge is -2.15. The van der Waals surface area contributed by atoms with Crippen LogP contribution in [0.4, 0.5) is 0 Å². The average molecular weight is 188 g/mol. The SMILES string of the molecule is CCCCN(C)CC(=O)NCCO. The second-order valence-electron chi connectivity index (χ2n) is 3.16. The molecule has 4 nitrogen and oxygen atoms in total. The Morgan fingerprint density at radius 1 is 1.54 bits per heavy atom. The second kappa shape index (κ2) is 8.01. The molecule has 0 aliphatic rings. The average Bonchev–Trinajstić information content (AvgIpc) is 2.11. The van der Waals surface area contributed by atoms with Crippen LogP contribution in [0.5, 0.6) is 0 Å². The number of likely N-dealkylation sites (N-methyl/N-ethyl adjacent to an activating group) is 1. The van der Waals surface area contributed by atoms with E-state index in [9.17, 15) is 4.79 Å². The van der Waals surface area contributed by atoms with E-state index in [1.54, 1.807) is 0 Å². The molecule has 0 saturated heterocycles. The molecule has 0 aliphatic heterocycles. The molecule has 0 bridgehead atoms. The minimum absolute atomic E-state index is 0.00438. The molecule has 4 heteroatoms. The molecule has 0 fully saturated rings. The fourth-order valence-corrected chi connectivity index (χ4v) is 1.00. The maximum atomic E-state index is 11.1. The molecule has 78 valence electrons. The van der Waals surface area contributed by atoms with Gasteiger partial charge in [0.05, 0.1) is 13.2 Å². The molecule has 0 aliphatic carbocycles. The van der Waals surface area contributed by atoms with E-state index in [-0.39, 0.29) is 12.5 Å². The molecular formula is C9H20N2O2. The Morgan fingerprint density at radius 3 is 2.77 bits per heavy atom. The van der Waals surface area contributed by atoms with Gasteiger partial charge in [0, 0.05) is 6.54 Å². The van der Waals surface area contributed by atoms with Crippen molar-refractivity contribution in [1.82, 2.24) is 10.2 Å². The van der Waals surface area contributed by atoms with Gasteiger partial charge in [-0.1, -0.05) is 13.3 Å². The first-order chi connectivity index (χ1) is 6.20. The van der Waals surface area contributed by atoms with Crippen molar-refractivity contribution in [2.24, 2.45) is 0 Å². The number of carbonyl (C=O) groups is 1. The number of aliphatic hydroxyl groups excluding tert-OH is 1. The van der Waals surface area contributed by atoms with E-state index in [0.29, 0.717) is 13.1 Å². The van der Waals surface area contributed by atoms with Gasteiger partial charge in [-0.05, 0) is 20.0 Å². The first-order valence-corrected chi connectivity index (χ1v) is 4.76. The van der Waals surface area contributed by atoms with Crippen LogP contribution < -0.4 is 5.32 Å². The fourth-order valence-electron chi connectivity index (χ4n) is 1.00. The monoisotopic (exact) mass is 188 g/mol. The molecule has 1 amide bonds. The van der Waals surface area contributed by atoms with Gasteiger partial charge in [-0.2, -0.15) is 0 Å². The number of hydrogen-bond acceptors (Lipinski definition) is 3.